The van der Waals surface area contributed by atoms with Crippen molar-refractivity contribution in [2.24, 2.45) is 5.16 Å². The molecule has 1 aliphatic carbocycles. The van der Waals surface area contributed by atoms with E-state index in [1.807, 2.05) is 0 Å². The van der Waals surface area contributed by atoms with Crippen LogP contribution in [-0.2, 0) is 0 Å². The third kappa shape index (κ3) is 3.02. The fraction of sp³-hybridized carbons (Fsp3) is 0.231. The lowest BCUT2D eigenvalue weighted by Gasteiger charge is -2.17. The van der Waals surface area contributed by atoms with Crippen LogP contribution >= 0.6 is 39.1 Å². The molecule has 1 aromatic rings. The van der Waals surface area contributed by atoms with E-state index in [1.165, 1.54) is 6.07 Å². The van der Waals surface area contributed by atoms with Gasteiger partial charge in [0.15, 0.2) is 5.78 Å². The van der Waals surface area contributed by atoms with Crippen LogP contribution in [0.25, 0.3) is 0 Å². The second kappa shape index (κ2) is 6.07. The van der Waals surface area contributed by atoms with E-state index in [0.29, 0.717) is 28.3 Å². The monoisotopic (exact) mass is 361 g/mol. The van der Waals surface area contributed by atoms with Gasteiger partial charge in [-0.3, -0.25) is 4.79 Å². The number of nitrogens with zero attached hydrogens (tertiary/aromatic N) is 1. The maximum Gasteiger partial charge on any atom is 0.197 e. The first-order chi connectivity index (χ1) is 9.04. The smallest absolute Gasteiger partial charge is 0.197 e. The van der Waals surface area contributed by atoms with Gasteiger partial charge in [0.25, 0.3) is 0 Å². The van der Waals surface area contributed by atoms with Gasteiger partial charge < -0.3 is 5.21 Å². The van der Waals surface area contributed by atoms with Crippen molar-refractivity contribution in [1.82, 2.24) is 0 Å². The fourth-order valence-corrected chi connectivity index (χ4v) is 3.16. The van der Waals surface area contributed by atoms with Crippen molar-refractivity contribution in [3.05, 3.63) is 43.9 Å². The number of carbonyl (C=O) groups is 1. The average molecular weight is 363 g/mol. The molecule has 0 aliphatic heterocycles. The number of halogens is 3. The highest BCUT2D eigenvalue weighted by atomic mass is 79.9. The van der Waals surface area contributed by atoms with Crippen LogP contribution in [0.5, 0.6) is 0 Å². The molecule has 0 aromatic heterocycles. The Morgan fingerprint density at radius 1 is 1.32 bits per heavy atom. The van der Waals surface area contributed by atoms with Gasteiger partial charge in [0.05, 0.1) is 16.3 Å². The maximum atomic E-state index is 12.5. The Hall–Kier alpha value is -0.840. The summed E-state index contributed by atoms with van der Waals surface area (Å²) in [6.45, 7) is 0. The molecule has 0 atom stereocenters. The Morgan fingerprint density at radius 2 is 2.05 bits per heavy atom. The summed E-state index contributed by atoms with van der Waals surface area (Å²) in [5, 5.41) is 13.0. The van der Waals surface area contributed by atoms with Crippen LogP contribution in [0, 0.1) is 0 Å². The van der Waals surface area contributed by atoms with Gasteiger partial charge in [-0.15, -0.1) is 0 Å². The molecule has 0 bridgehead atoms. The Labute approximate surface area is 129 Å². The highest BCUT2D eigenvalue weighted by Crippen LogP contribution is 2.32. The Bertz CT molecular complexity index is 596. The van der Waals surface area contributed by atoms with Crippen LogP contribution in [0.3, 0.4) is 0 Å². The number of benzene rings is 1. The zero-order valence-corrected chi connectivity index (χ0v) is 12.9. The number of Topliss-reactive ketones (excluding diaryl/α,β-unsaturated/α-hetero) is 1. The molecule has 100 valence electrons. The largest absolute Gasteiger partial charge is 0.411 e. The lowest BCUT2D eigenvalue weighted by Crippen LogP contribution is -2.18. The number of ketones is 1. The van der Waals surface area contributed by atoms with Crippen molar-refractivity contribution >= 4 is 50.6 Å². The highest BCUT2D eigenvalue weighted by Gasteiger charge is 2.26. The van der Waals surface area contributed by atoms with Crippen molar-refractivity contribution in [2.45, 2.75) is 19.3 Å². The van der Waals surface area contributed by atoms with E-state index in [9.17, 15) is 4.79 Å². The summed E-state index contributed by atoms with van der Waals surface area (Å²) in [4.78, 5) is 12.5. The van der Waals surface area contributed by atoms with Gasteiger partial charge in [-0.05, 0) is 37.5 Å². The molecular weight excluding hydrogens is 353 g/mol. The lowest BCUT2D eigenvalue weighted by molar-refractivity contribution is 0.103. The summed E-state index contributed by atoms with van der Waals surface area (Å²) >= 11 is 15.2. The maximum absolute atomic E-state index is 12.5. The summed E-state index contributed by atoms with van der Waals surface area (Å²) < 4.78 is 0.738. The molecule has 0 unspecified atom stereocenters. The third-order valence-corrected chi connectivity index (χ3v) is 4.23. The number of hydrogen-bond acceptors (Lipinski definition) is 3. The van der Waals surface area contributed by atoms with E-state index in [-0.39, 0.29) is 10.8 Å². The summed E-state index contributed by atoms with van der Waals surface area (Å²) in [6, 6.07) is 4.70. The third-order valence-electron chi connectivity index (χ3n) is 2.89. The first kappa shape index (κ1) is 14.6. The zero-order valence-electron chi connectivity index (χ0n) is 9.79. The molecule has 0 saturated heterocycles. The normalized spacial score (nSPS) is 17.9. The van der Waals surface area contributed by atoms with Gasteiger partial charge in [-0.1, -0.05) is 44.3 Å². The fourth-order valence-electron chi connectivity index (χ4n) is 1.98. The molecule has 1 N–H and O–H groups in total. The predicted molar refractivity (Wildman–Crippen MR) is 79.8 cm³/mol. The van der Waals surface area contributed by atoms with Gasteiger partial charge in [-0.2, -0.15) is 0 Å². The van der Waals surface area contributed by atoms with E-state index < -0.39 is 0 Å². The van der Waals surface area contributed by atoms with Crippen LogP contribution in [0.1, 0.15) is 29.6 Å². The van der Waals surface area contributed by atoms with Crippen LogP contribution in [0.2, 0.25) is 10.0 Å². The van der Waals surface area contributed by atoms with Crippen molar-refractivity contribution in [1.29, 1.82) is 0 Å². The van der Waals surface area contributed by atoms with E-state index in [1.54, 1.807) is 12.1 Å². The summed E-state index contributed by atoms with van der Waals surface area (Å²) in [5.41, 5.74) is 1.12. The second-order valence-electron chi connectivity index (χ2n) is 4.13. The van der Waals surface area contributed by atoms with Crippen LogP contribution in [0.4, 0.5) is 0 Å². The first-order valence-electron chi connectivity index (χ1n) is 5.64. The molecule has 1 aliphatic rings. The second-order valence-corrected chi connectivity index (χ2v) is 5.93. The highest BCUT2D eigenvalue weighted by molar-refractivity contribution is 9.11. The van der Waals surface area contributed by atoms with Gasteiger partial charge in [0.1, 0.15) is 0 Å². The lowest BCUT2D eigenvalue weighted by atomic mass is 9.91. The van der Waals surface area contributed by atoms with E-state index >= 15 is 0 Å². The molecule has 6 heteroatoms. The van der Waals surface area contributed by atoms with E-state index in [2.05, 4.69) is 21.1 Å². The minimum atomic E-state index is -0.263. The van der Waals surface area contributed by atoms with E-state index in [4.69, 9.17) is 28.4 Å². The zero-order chi connectivity index (χ0) is 14.0. The SMILES string of the molecule is O=C(C1=C(Br)CCC/C1=N\O)c1ccc(Cl)cc1Cl. The number of allylic oxidation sites excluding steroid dienone is 2. The molecule has 0 radical (unpaired) electrons. The molecule has 0 heterocycles. The average Bonchev–Trinajstić information content (AvgIpc) is 2.37. The molecule has 0 spiro atoms. The summed E-state index contributed by atoms with van der Waals surface area (Å²) in [7, 11) is 0. The van der Waals surface area contributed by atoms with Gasteiger partial charge in [0, 0.05) is 15.1 Å². The molecular formula is C13H10BrCl2NO2. The predicted octanol–water partition coefficient (Wildman–Crippen LogP) is 4.84. The summed E-state index contributed by atoms with van der Waals surface area (Å²) in [5.74, 6) is -0.263. The Balaban J connectivity index is 2.48. The molecule has 0 amide bonds. The topological polar surface area (TPSA) is 49.7 Å². The molecule has 19 heavy (non-hydrogen) atoms. The van der Waals surface area contributed by atoms with Gasteiger partial charge >= 0.3 is 0 Å². The van der Waals surface area contributed by atoms with Crippen molar-refractivity contribution in [3.8, 4) is 0 Å². The Morgan fingerprint density at radius 3 is 2.68 bits per heavy atom. The number of rotatable bonds is 2. The summed E-state index contributed by atoms with van der Waals surface area (Å²) in [6.07, 6.45) is 2.15. The molecule has 0 saturated carbocycles. The van der Waals surface area contributed by atoms with E-state index in [0.717, 1.165) is 17.3 Å². The standard InChI is InChI=1S/C13H10BrCl2NO2/c14-9-2-1-3-11(17-19)12(9)13(18)8-5-4-7(15)6-10(8)16/h4-6,19H,1-3H2/b17-11+. The molecule has 2 rings (SSSR count). The van der Waals surface area contributed by atoms with Crippen molar-refractivity contribution in [3.63, 3.8) is 0 Å². The molecule has 0 fully saturated rings. The van der Waals surface area contributed by atoms with Gasteiger partial charge in [-0.25, -0.2) is 0 Å². The minimum absolute atomic E-state index is 0.263. The molecule has 1 aromatic carbocycles. The first-order valence-corrected chi connectivity index (χ1v) is 7.19. The number of carbonyl (C=O) groups excluding carboxylic acids is 1. The number of oxime groups is 1. The number of hydrogen-bond donors (Lipinski definition) is 1. The van der Waals surface area contributed by atoms with Crippen LogP contribution in [-0.4, -0.2) is 16.7 Å². The quantitative estimate of drug-likeness (QED) is 0.465. The van der Waals surface area contributed by atoms with Crippen LogP contribution < -0.4 is 0 Å². The molecule has 3 nitrogen and oxygen atoms in total. The Kier molecular flexibility index (Phi) is 4.66. The van der Waals surface area contributed by atoms with Gasteiger partial charge in [0.2, 0.25) is 0 Å². The van der Waals surface area contributed by atoms with Crippen molar-refractivity contribution in [2.75, 3.05) is 0 Å². The van der Waals surface area contributed by atoms with Crippen LogP contribution in [0.15, 0.2) is 33.4 Å². The minimum Gasteiger partial charge on any atom is -0.411 e. The van der Waals surface area contributed by atoms with Crippen molar-refractivity contribution < 1.29 is 10.0 Å².